The Morgan fingerprint density at radius 1 is 1.19 bits per heavy atom. The van der Waals surface area contributed by atoms with E-state index in [1.54, 1.807) is 18.2 Å². The predicted molar refractivity (Wildman–Crippen MR) is 66.5 cm³/mol. The monoisotopic (exact) mass is 295 g/mol. The molecule has 0 fully saturated rings. The fourth-order valence-electron chi connectivity index (χ4n) is 1.30. The minimum absolute atomic E-state index is 0.168. The van der Waals surface area contributed by atoms with Crippen LogP contribution >= 0.6 is 46.4 Å². The van der Waals surface area contributed by atoms with Crippen molar-refractivity contribution in [3.8, 4) is 11.3 Å². The minimum atomic E-state index is 0.168. The van der Waals surface area contributed by atoms with Crippen molar-refractivity contribution in [1.29, 1.82) is 0 Å². The third-order valence-corrected chi connectivity index (χ3v) is 3.46. The minimum Gasteiger partial charge on any atom is -0.343 e. The number of alkyl halides is 1. The first kappa shape index (κ1) is 12.1. The summed E-state index contributed by atoms with van der Waals surface area (Å²) < 4.78 is 4.87. The van der Waals surface area contributed by atoms with E-state index in [0.29, 0.717) is 26.9 Å². The van der Waals surface area contributed by atoms with Crippen molar-refractivity contribution >= 4 is 46.4 Å². The molecule has 1 aromatic carbocycles. The summed E-state index contributed by atoms with van der Waals surface area (Å²) >= 11 is 23.5. The van der Waals surface area contributed by atoms with E-state index in [4.69, 9.17) is 50.9 Å². The molecule has 0 bridgehead atoms. The Labute approximate surface area is 112 Å². The third kappa shape index (κ3) is 2.03. The number of rotatable bonds is 2. The topological polar surface area (TPSA) is 26.0 Å². The molecule has 0 N–H and O–H groups in total. The molecule has 0 radical (unpaired) electrons. The molecular weight excluding hydrogens is 292 g/mol. The van der Waals surface area contributed by atoms with E-state index in [-0.39, 0.29) is 11.1 Å². The number of nitrogens with zero attached hydrogens (tertiary/aromatic N) is 1. The molecule has 0 unspecified atom stereocenters. The average Bonchev–Trinajstić information content (AvgIpc) is 2.63. The second kappa shape index (κ2) is 4.84. The fourth-order valence-corrected chi connectivity index (χ4v) is 2.20. The van der Waals surface area contributed by atoms with Crippen molar-refractivity contribution in [3.63, 3.8) is 0 Å². The highest BCUT2D eigenvalue weighted by Crippen LogP contribution is 2.37. The summed E-state index contributed by atoms with van der Waals surface area (Å²) in [4.78, 5) is 0. The Morgan fingerprint density at radius 2 is 1.94 bits per heavy atom. The molecular formula is C10H5Cl4NO. The summed E-state index contributed by atoms with van der Waals surface area (Å²) in [5.41, 5.74) is 1.78. The van der Waals surface area contributed by atoms with Crippen LogP contribution in [0, 0.1) is 0 Å². The zero-order valence-corrected chi connectivity index (χ0v) is 10.8. The quantitative estimate of drug-likeness (QED) is 0.726. The maximum Gasteiger partial charge on any atom is 0.231 e. The highest BCUT2D eigenvalue weighted by molar-refractivity contribution is 6.43. The first-order valence-electron chi connectivity index (χ1n) is 4.29. The van der Waals surface area contributed by atoms with Gasteiger partial charge in [0.1, 0.15) is 5.69 Å². The van der Waals surface area contributed by atoms with Crippen LogP contribution in [0.4, 0.5) is 0 Å². The van der Waals surface area contributed by atoms with Gasteiger partial charge in [0, 0.05) is 5.56 Å². The molecule has 0 atom stereocenters. The van der Waals surface area contributed by atoms with E-state index >= 15 is 0 Å². The molecule has 0 aliphatic rings. The summed E-state index contributed by atoms with van der Waals surface area (Å²) in [6.07, 6.45) is 0. The molecule has 0 aliphatic heterocycles. The maximum atomic E-state index is 6.07. The molecule has 2 rings (SSSR count). The van der Waals surface area contributed by atoms with Gasteiger partial charge in [0.15, 0.2) is 0 Å². The highest BCUT2D eigenvalue weighted by atomic mass is 35.5. The Morgan fingerprint density at radius 3 is 2.62 bits per heavy atom. The van der Waals surface area contributed by atoms with Gasteiger partial charge in [-0.15, -0.1) is 11.6 Å². The van der Waals surface area contributed by atoms with Crippen molar-refractivity contribution in [3.05, 3.63) is 39.0 Å². The van der Waals surface area contributed by atoms with Gasteiger partial charge in [0.05, 0.1) is 21.5 Å². The zero-order chi connectivity index (χ0) is 11.7. The lowest BCUT2D eigenvalue weighted by atomic mass is 10.1. The van der Waals surface area contributed by atoms with Gasteiger partial charge in [0.25, 0.3) is 0 Å². The Bertz CT molecular complexity index is 524. The summed E-state index contributed by atoms with van der Waals surface area (Å²) in [7, 11) is 0. The van der Waals surface area contributed by atoms with E-state index in [0.717, 1.165) is 0 Å². The SMILES string of the molecule is ClCc1c(-c2cccc(Cl)c2Cl)noc1Cl. The Hall–Kier alpha value is -0.410. The van der Waals surface area contributed by atoms with Crippen LogP contribution in [-0.4, -0.2) is 5.16 Å². The standard InChI is InChI=1S/C10H5Cl4NO/c11-4-6-9(15-16-10(6)14)5-2-1-3-7(12)8(5)13/h1-3H,4H2. The Balaban J connectivity index is 2.63. The van der Waals surface area contributed by atoms with Crippen molar-refractivity contribution in [2.75, 3.05) is 0 Å². The predicted octanol–water partition coefficient (Wildman–Crippen LogP) is 5.04. The summed E-state index contributed by atoms with van der Waals surface area (Å²) in [6, 6.07) is 5.23. The smallest absolute Gasteiger partial charge is 0.231 e. The van der Waals surface area contributed by atoms with Gasteiger partial charge >= 0.3 is 0 Å². The average molecular weight is 297 g/mol. The van der Waals surface area contributed by atoms with Gasteiger partial charge < -0.3 is 4.52 Å². The van der Waals surface area contributed by atoms with Crippen molar-refractivity contribution in [1.82, 2.24) is 5.16 Å². The molecule has 1 heterocycles. The summed E-state index contributed by atoms with van der Waals surface area (Å²) in [5.74, 6) is 0.195. The molecule has 0 saturated carbocycles. The van der Waals surface area contributed by atoms with E-state index < -0.39 is 0 Å². The van der Waals surface area contributed by atoms with Gasteiger partial charge in [0.2, 0.25) is 5.22 Å². The molecule has 6 heteroatoms. The molecule has 0 aliphatic carbocycles. The second-order valence-corrected chi connectivity index (χ2v) is 4.41. The Kier molecular flexibility index (Phi) is 3.65. The third-order valence-electron chi connectivity index (χ3n) is 2.08. The van der Waals surface area contributed by atoms with Crippen molar-refractivity contribution in [2.24, 2.45) is 0 Å². The number of aromatic nitrogens is 1. The number of hydrogen-bond donors (Lipinski definition) is 0. The summed E-state index contributed by atoms with van der Waals surface area (Å²) in [5, 5.41) is 4.84. The van der Waals surface area contributed by atoms with Gasteiger partial charge in [-0.1, -0.05) is 40.5 Å². The molecule has 84 valence electrons. The van der Waals surface area contributed by atoms with Crippen LogP contribution in [0.2, 0.25) is 15.3 Å². The van der Waals surface area contributed by atoms with Gasteiger partial charge in [-0.3, -0.25) is 0 Å². The van der Waals surface area contributed by atoms with E-state index in [1.807, 2.05) is 0 Å². The van der Waals surface area contributed by atoms with E-state index in [2.05, 4.69) is 5.16 Å². The molecule has 0 amide bonds. The molecule has 1 aromatic heterocycles. The van der Waals surface area contributed by atoms with Crippen molar-refractivity contribution in [2.45, 2.75) is 5.88 Å². The normalized spacial score (nSPS) is 10.8. The zero-order valence-electron chi connectivity index (χ0n) is 7.81. The largest absolute Gasteiger partial charge is 0.343 e. The van der Waals surface area contributed by atoms with Crippen LogP contribution in [0.15, 0.2) is 22.7 Å². The van der Waals surface area contributed by atoms with E-state index in [1.165, 1.54) is 0 Å². The van der Waals surface area contributed by atoms with Gasteiger partial charge in [-0.25, -0.2) is 0 Å². The number of hydrogen-bond acceptors (Lipinski definition) is 2. The number of halogens is 4. The molecule has 0 saturated heterocycles. The molecule has 0 spiro atoms. The highest BCUT2D eigenvalue weighted by Gasteiger charge is 2.18. The first-order chi connectivity index (χ1) is 7.65. The summed E-state index contributed by atoms with van der Waals surface area (Å²) in [6.45, 7) is 0. The van der Waals surface area contributed by atoms with Crippen LogP contribution in [0.5, 0.6) is 0 Å². The molecule has 2 aromatic rings. The van der Waals surface area contributed by atoms with E-state index in [9.17, 15) is 0 Å². The molecule has 2 nitrogen and oxygen atoms in total. The lowest BCUT2D eigenvalue weighted by Gasteiger charge is -2.03. The first-order valence-corrected chi connectivity index (χ1v) is 5.96. The van der Waals surface area contributed by atoms with Crippen LogP contribution in [0.3, 0.4) is 0 Å². The number of benzene rings is 1. The van der Waals surface area contributed by atoms with Crippen LogP contribution in [0.25, 0.3) is 11.3 Å². The van der Waals surface area contributed by atoms with Gasteiger partial charge in [-0.2, -0.15) is 0 Å². The molecule has 16 heavy (non-hydrogen) atoms. The van der Waals surface area contributed by atoms with Crippen LogP contribution in [0.1, 0.15) is 5.56 Å². The van der Waals surface area contributed by atoms with Crippen LogP contribution < -0.4 is 0 Å². The maximum absolute atomic E-state index is 6.07. The fraction of sp³-hybridized carbons (Fsp3) is 0.100. The van der Waals surface area contributed by atoms with Gasteiger partial charge in [-0.05, 0) is 17.7 Å². The lowest BCUT2D eigenvalue weighted by Crippen LogP contribution is -1.85. The van der Waals surface area contributed by atoms with Crippen molar-refractivity contribution < 1.29 is 4.52 Å². The lowest BCUT2D eigenvalue weighted by molar-refractivity contribution is 0.423. The van der Waals surface area contributed by atoms with Crippen LogP contribution in [-0.2, 0) is 5.88 Å². The second-order valence-electron chi connectivity index (χ2n) is 3.02.